The second-order valence-corrected chi connectivity index (χ2v) is 2.19. The molecule has 0 aliphatic carbocycles. The Balaban J connectivity index is 2.84. The van der Waals surface area contributed by atoms with Crippen LogP contribution in [0.25, 0.3) is 0 Å². The molecule has 6 heteroatoms. The van der Waals surface area contributed by atoms with E-state index < -0.39 is 4.92 Å². The molecule has 0 radical (unpaired) electrons. The Morgan fingerprint density at radius 1 is 1.85 bits per heavy atom. The summed E-state index contributed by atoms with van der Waals surface area (Å²) < 4.78 is 0. The number of aromatic amines is 1. The number of nitro groups is 1. The van der Waals surface area contributed by atoms with E-state index in [1.807, 2.05) is 0 Å². The van der Waals surface area contributed by atoms with Crippen molar-refractivity contribution < 1.29 is 4.92 Å². The molecule has 0 aliphatic rings. The van der Waals surface area contributed by atoms with Crippen molar-refractivity contribution in [2.75, 3.05) is 13.6 Å². The van der Waals surface area contributed by atoms with Gasteiger partial charge in [-0.05, 0) is 17.9 Å². The van der Waals surface area contributed by atoms with Gasteiger partial charge in [0.1, 0.15) is 0 Å². The van der Waals surface area contributed by atoms with Crippen LogP contribution in [-0.2, 0) is 0 Å². The Kier molecular flexibility index (Phi) is 3.00. The van der Waals surface area contributed by atoms with Gasteiger partial charge >= 0.3 is 5.82 Å². The van der Waals surface area contributed by atoms with Crippen LogP contribution in [0.15, 0.2) is 6.33 Å². The van der Waals surface area contributed by atoms with Crippen molar-refractivity contribution >= 4 is 5.82 Å². The summed E-state index contributed by atoms with van der Waals surface area (Å²) in [6.45, 7) is 0.476. The van der Waals surface area contributed by atoms with Crippen molar-refractivity contribution in [1.82, 2.24) is 15.3 Å². The molecule has 0 fully saturated rings. The number of H-pyrrole nitrogens is 1. The molecule has 1 heterocycles. The molecule has 1 aromatic heterocycles. The van der Waals surface area contributed by atoms with Gasteiger partial charge < -0.3 is 15.4 Å². The first-order chi connectivity index (χ1) is 6.25. The fourth-order valence-corrected chi connectivity index (χ4v) is 0.734. The third kappa shape index (κ3) is 2.28. The Bertz CT molecular complexity index is 360. The Labute approximate surface area is 74.5 Å². The lowest BCUT2D eigenvalue weighted by molar-refractivity contribution is -0.389. The smallest absolute Gasteiger partial charge is 0.356 e. The van der Waals surface area contributed by atoms with Gasteiger partial charge in [-0.15, -0.1) is 0 Å². The number of nitrogens with zero attached hydrogens (tertiary/aromatic N) is 2. The molecule has 0 aliphatic heterocycles. The molecule has 1 rings (SSSR count). The highest BCUT2D eigenvalue weighted by molar-refractivity contribution is 5.40. The first kappa shape index (κ1) is 9.22. The first-order valence-electron chi connectivity index (χ1n) is 3.57. The summed E-state index contributed by atoms with van der Waals surface area (Å²) in [7, 11) is 1.74. The third-order valence-corrected chi connectivity index (χ3v) is 1.27. The average molecular weight is 180 g/mol. The van der Waals surface area contributed by atoms with E-state index >= 15 is 0 Å². The molecule has 1 aromatic rings. The monoisotopic (exact) mass is 180 g/mol. The van der Waals surface area contributed by atoms with Gasteiger partial charge in [0.25, 0.3) is 0 Å². The van der Waals surface area contributed by atoms with Gasteiger partial charge in [0, 0.05) is 0 Å². The van der Waals surface area contributed by atoms with Crippen molar-refractivity contribution in [2.45, 2.75) is 0 Å². The minimum Gasteiger partial charge on any atom is -0.358 e. The summed E-state index contributed by atoms with van der Waals surface area (Å²) in [6.07, 6.45) is 1.25. The van der Waals surface area contributed by atoms with E-state index in [0.717, 1.165) is 0 Å². The molecule has 13 heavy (non-hydrogen) atoms. The van der Waals surface area contributed by atoms with Crippen LogP contribution < -0.4 is 5.32 Å². The predicted molar refractivity (Wildman–Crippen MR) is 46.0 cm³/mol. The molecule has 0 saturated carbocycles. The zero-order chi connectivity index (χ0) is 9.68. The number of nitrogens with one attached hydrogen (secondary N) is 2. The zero-order valence-corrected chi connectivity index (χ0v) is 7.00. The molecular formula is C7H8N4O2. The van der Waals surface area contributed by atoms with Crippen LogP contribution in [0.3, 0.4) is 0 Å². The van der Waals surface area contributed by atoms with Crippen molar-refractivity contribution in [3.05, 3.63) is 22.1 Å². The molecule has 2 N–H and O–H groups in total. The van der Waals surface area contributed by atoms with Gasteiger partial charge in [0.05, 0.1) is 6.54 Å². The molecule has 68 valence electrons. The molecule has 0 aromatic carbocycles. The number of rotatable bonds is 2. The molecule has 0 saturated heterocycles. The van der Waals surface area contributed by atoms with E-state index in [4.69, 9.17) is 0 Å². The maximum Gasteiger partial charge on any atom is 0.356 e. The molecule has 0 bridgehead atoms. The summed E-state index contributed by atoms with van der Waals surface area (Å²) in [6, 6.07) is 0. The Hall–Kier alpha value is -1.87. The second-order valence-electron chi connectivity index (χ2n) is 2.19. The van der Waals surface area contributed by atoms with Crippen molar-refractivity contribution in [2.24, 2.45) is 0 Å². The fraction of sp³-hybridized carbons (Fsp3) is 0.286. The molecule has 0 spiro atoms. The lowest BCUT2D eigenvalue weighted by atomic mass is 10.4. The Morgan fingerprint density at radius 2 is 2.62 bits per heavy atom. The van der Waals surface area contributed by atoms with Crippen LogP contribution in [0.5, 0.6) is 0 Å². The molecule has 6 nitrogen and oxygen atoms in total. The second kappa shape index (κ2) is 4.23. The van der Waals surface area contributed by atoms with Crippen LogP contribution in [0.2, 0.25) is 0 Å². The minimum absolute atomic E-state index is 0.163. The van der Waals surface area contributed by atoms with Gasteiger partial charge in [-0.2, -0.15) is 4.98 Å². The standard InChI is InChI=1S/C7H8N4O2/c1-8-4-2-3-6-7(11(12)13)10-5-9-6/h5,8H,4H2,1H3,(H,9,10). The SMILES string of the molecule is CNCC#Cc1nc[nH]c1[N+](=O)[O-]. The fourth-order valence-electron chi connectivity index (χ4n) is 0.734. The summed E-state index contributed by atoms with van der Waals surface area (Å²) in [5.41, 5.74) is 0.167. The van der Waals surface area contributed by atoms with E-state index in [0.29, 0.717) is 6.54 Å². The van der Waals surface area contributed by atoms with Gasteiger partial charge in [0.15, 0.2) is 6.33 Å². The van der Waals surface area contributed by atoms with Gasteiger partial charge in [0.2, 0.25) is 5.69 Å². The van der Waals surface area contributed by atoms with Crippen LogP contribution in [0.1, 0.15) is 5.69 Å². The van der Waals surface area contributed by atoms with Crippen LogP contribution in [0, 0.1) is 22.0 Å². The largest absolute Gasteiger partial charge is 0.358 e. The maximum absolute atomic E-state index is 10.4. The van der Waals surface area contributed by atoms with E-state index in [1.54, 1.807) is 7.05 Å². The highest BCUT2D eigenvalue weighted by Gasteiger charge is 2.11. The first-order valence-corrected chi connectivity index (χ1v) is 3.57. The lowest BCUT2D eigenvalue weighted by Gasteiger charge is -1.88. The quantitative estimate of drug-likeness (QED) is 0.378. The van der Waals surface area contributed by atoms with Crippen LogP contribution in [0.4, 0.5) is 5.82 Å². The number of hydrogen-bond acceptors (Lipinski definition) is 4. The van der Waals surface area contributed by atoms with E-state index in [1.165, 1.54) is 6.33 Å². The summed E-state index contributed by atoms with van der Waals surface area (Å²) in [4.78, 5) is 15.9. The summed E-state index contributed by atoms with van der Waals surface area (Å²) >= 11 is 0. The van der Waals surface area contributed by atoms with Gasteiger partial charge in [-0.3, -0.25) is 0 Å². The van der Waals surface area contributed by atoms with Crippen LogP contribution >= 0.6 is 0 Å². The van der Waals surface area contributed by atoms with E-state index in [2.05, 4.69) is 27.1 Å². The molecule has 0 amide bonds. The summed E-state index contributed by atoms with van der Waals surface area (Å²) in [5.74, 6) is 5.10. The van der Waals surface area contributed by atoms with Crippen molar-refractivity contribution in [3.8, 4) is 11.8 Å². The molecular weight excluding hydrogens is 172 g/mol. The zero-order valence-electron chi connectivity index (χ0n) is 7.00. The highest BCUT2D eigenvalue weighted by Crippen LogP contribution is 2.09. The lowest BCUT2D eigenvalue weighted by Crippen LogP contribution is -2.04. The number of imidazole rings is 1. The summed E-state index contributed by atoms with van der Waals surface area (Å²) in [5, 5.41) is 13.2. The molecule has 0 atom stereocenters. The third-order valence-electron chi connectivity index (χ3n) is 1.27. The van der Waals surface area contributed by atoms with E-state index in [-0.39, 0.29) is 11.5 Å². The van der Waals surface area contributed by atoms with Crippen LogP contribution in [-0.4, -0.2) is 28.5 Å². The topological polar surface area (TPSA) is 83.8 Å². The van der Waals surface area contributed by atoms with Crippen molar-refractivity contribution in [3.63, 3.8) is 0 Å². The maximum atomic E-state index is 10.4. The Morgan fingerprint density at radius 3 is 3.23 bits per heavy atom. The number of aromatic nitrogens is 2. The number of hydrogen-bond donors (Lipinski definition) is 2. The predicted octanol–water partition coefficient (Wildman–Crippen LogP) is -0.111. The minimum atomic E-state index is -0.545. The normalized spacial score (nSPS) is 9.00. The van der Waals surface area contributed by atoms with E-state index in [9.17, 15) is 10.1 Å². The van der Waals surface area contributed by atoms with Gasteiger partial charge in [-0.25, -0.2) is 4.98 Å². The molecule has 0 unspecified atom stereocenters. The van der Waals surface area contributed by atoms with Crippen molar-refractivity contribution in [1.29, 1.82) is 0 Å². The van der Waals surface area contributed by atoms with Gasteiger partial charge in [-0.1, -0.05) is 5.92 Å². The highest BCUT2D eigenvalue weighted by atomic mass is 16.6. The average Bonchev–Trinajstić information content (AvgIpc) is 2.53.